The third kappa shape index (κ3) is 5.01. The van der Waals surface area contributed by atoms with E-state index in [-0.39, 0.29) is 17.3 Å². The third-order valence-electron chi connectivity index (χ3n) is 2.25. The quantitative estimate of drug-likeness (QED) is 0.759. The Morgan fingerprint density at radius 1 is 1.48 bits per heavy atom. The molecule has 0 radical (unpaired) electrons. The maximum Gasteiger partial charge on any atom is 0.277 e. The van der Waals surface area contributed by atoms with Gasteiger partial charge >= 0.3 is 0 Å². The van der Waals surface area contributed by atoms with Crippen molar-refractivity contribution in [3.63, 3.8) is 0 Å². The van der Waals surface area contributed by atoms with E-state index in [2.05, 4.69) is 31.4 Å². The van der Waals surface area contributed by atoms with Crippen LogP contribution in [0.1, 0.15) is 5.89 Å². The number of aromatic nitrogens is 2. The SMILES string of the molecule is CSCc1nnc(SCC(=O)Nc2ccc(Br)cc2F)o1. The predicted octanol–water partition coefficient (Wildman–Crippen LogP) is 3.57. The van der Waals surface area contributed by atoms with Crippen molar-refractivity contribution < 1.29 is 13.6 Å². The van der Waals surface area contributed by atoms with Gasteiger partial charge in [0.25, 0.3) is 5.22 Å². The van der Waals surface area contributed by atoms with Gasteiger partial charge in [0.05, 0.1) is 17.2 Å². The first kappa shape index (κ1) is 16.3. The molecule has 0 aliphatic heterocycles. The molecule has 0 atom stereocenters. The summed E-state index contributed by atoms with van der Waals surface area (Å²) in [5.74, 6) is 0.373. The van der Waals surface area contributed by atoms with Gasteiger partial charge in [-0.2, -0.15) is 11.8 Å². The molecule has 0 fully saturated rings. The zero-order valence-corrected chi connectivity index (χ0v) is 14.1. The lowest BCUT2D eigenvalue weighted by Crippen LogP contribution is -2.15. The summed E-state index contributed by atoms with van der Waals surface area (Å²) in [5.41, 5.74) is 0.136. The van der Waals surface area contributed by atoms with E-state index in [4.69, 9.17) is 4.42 Å². The molecule has 0 spiro atoms. The van der Waals surface area contributed by atoms with Gasteiger partial charge in [-0.05, 0) is 24.5 Å². The molecular formula is C12H11BrFN3O2S2. The van der Waals surface area contributed by atoms with Crippen LogP contribution >= 0.6 is 39.5 Å². The van der Waals surface area contributed by atoms with Gasteiger partial charge in [-0.1, -0.05) is 27.7 Å². The van der Waals surface area contributed by atoms with Crippen LogP contribution in [-0.4, -0.2) is 28.1 Å². The molecule has 1 aromatic heterocycles. The number of nitrogens with one attached hydrogen (secondary N) is 1. The smallest absolute Gasteiger partial charge is 0.277 e. The number of hydrogen-bond acceptors (Lipinski definition) is 6. The Morgan fingerprint density at radius 3 is 3.00 bits per heavy atom. The van der Waals surface area contributed by atoms with Crippen molar-refractivity contribution in [3.05, 3.63) is 34.4 Å². The molecule has 2 aromatic rings. The van der Waals surface area contributed by atoms with Crippen molar-refractivity contribution >= 4 is 51.0 Å². The Balaban J connectivity index is 1.86. The fraction of sp³-hybridized carbons (Fsp3) is 0.250. The highest BCUT2D eigenvalue weighted by molar-refractivity contribution is 9.10. The normalized spacial score (nSPS) is 10.6. The summed E-state index contributed by atoms with van der Waals surface area (Å²) in [6, 6.07) is 4.43. The van der Waals surface area contributed by atoms with E-state index in [1.807, 2.05) is 6.26 Å². The molecule has 21 heavy (non-hydrogen) atoms. The van der Waals surface area contributed by atoms with Gasteiger partial charge in [0, 0.05) is 4.47 Å². The molecule has 2 rings (SSSR count). The summed E-state index contributed by atoms with van der Waals surface area (Å²) in [6.07, 6.45) is 1.93. The molecule has 0 saturated carbocycles. The van der Waals surface area contributed by atoms with E-state index in [0.717, 1.165) is 11.8 Å². The summed E-state index contributed by atoms with van der Waals surface area (Å²) in [7, 11) is 0. The summed E-state index contributed by atoms with van der Waals surface area (Å²) < 4.78 is 19.5. The van der Waals surface area contributed by atoms with Crippen LogP contribution in [-0.2, 0) is 10.5 Å². The minimum absolute atomic E-state index is 0.0659. The third-order valence-corrected chi connectivity index (χ3v) is 4.10. The minimum Gasteiger partial charge on any atom is -0.415 e. The molecule has 1 aromatic carbocycles. The van der Waals surface area contributed by atoms with Crippen LogP contribution in [0.25, 0.3) is 0 Å². The summed E-state index contributed by atoms with van der Waals surface area (Å²) >= 11 is 5.83. The number of halogens is 2. The number of nitrogens with zero attached hydrogens (tertiary/aromatic N) is 2. The second-order valence-corrected chi connectivity index (χ2v) is 6.56. The minimum atomic E-state index is -0.497. The summed E-state index contributed by atoms with van der Waals surface area (Å²) in [5, 5.41) is 10.5. The molecule has 5 nitrogen and oxygen atoms in total. The van der Waals surface area contributed by atoms with Crippen LogP contribution in [0, 0.1) is 5.82 Å². The Hall–Kier alpha value is -1.06. The zero-order chi connectivity index (χ0) is 15.2. The first-order chi connectivity index (χ1) is 10.1. The predicted molar refractivity (Wildman–Crippen MR) is 85.0 cm³/mol. The fourth-order valence-corrected chi connectivity index (χ4v) is 2.66. The van der Waals surface area contributed by atoms with Crippen LogP contribution in [0.4, 0.5) is 10.1 Å². The second kappa shape index (κ2) is 7.81. The molecular weight excluding hydrogens is 381 g/mol. The van der Waals surface area contributed by atoms with E-state index in [0.29, 0.717) is 21.3 Å². The largest absolute Gasteiger partial charge is 0.415 e. The van der Waals surface area contributed by atoms with Crippen molar-refractivity contribution in [2.45, 2.75) is 11.0 Å². The highest BCUT2D eigenvalue weighted by Gasteiger charge is 2.11. The number of anilines is 1. The molecule has 1 heterocycles. The Bertz CT molecular complexity index is 639. The summed E-state index contributed by atoms with van der Waals surface area (Å²) in [4.78, 5) is 11.8. The van der Waals surface area contributed by atoms with Gasteiger partial charge in [-0.15, -0.1) is 10.2 Å². The first-order valence-electron chi connectivity index (χ1n) is 5.77. The van der Waals surface area contributed by atoms with Gasteiger partial charge in [0.15, 0.2) is 0 Å². The fourth-order valence-electron chi connectivity index (χ4n) is 1.38. The molecule has 0 aliphatic rings. The lowest BCUT2D eigenvalue weighted by atomic mass is 10.3. The summed E-state index contributed by atoms with van der Waals surface area (Å²) in [6.45, 7) is 0. The number of benzene rings is 1. The standard InChI is InChI=1S/C12H11BrFN3O2S2/c1-20-6-11-16-17-12(19-11)21-5-10(18)15-9-3-2-7(13)4-8(9)14/h2-4H,5-6H2,1H3,(H,15,18). The van der Waals surface area contributed by atoms with Crippen LogP contribution in [0.3, 0.4) is 0 Å². The van der Waals surface area contributed by atoms with Gasteiger partial charge in [-0.3, -0.25) is 4.79 Å². The Morgan fingerprint density at radius 2 is 2.29 bits per heavy atom. The average molecular weight is 392 g/mol. The van der Waals surface area contributed by atoms with Crippen molar-refractivity contribution in [1.29, 1.82) is 0 Å². The number of carbonyl (C=O) groups excluding carboxylic acids is 1. The second-order valence-electron chi connectivity index (χ2n) is 3.86. The lowest BCUT2D eigenvalue weighted by Gasteiger charge is -2.05. The highest BCUT2D eigenvalue weighted by atomic mass is 79.9. The average Bonchev–Trinajstić information content (AvgIpc) is 2.88. The monoisotopic (exact) mass is 391 g/mol. The maximum atomic E-state index is 13.6. The van der Waals surface area contributed by atoms with Crippen LogP contribution in [0.2, 0.25) is 0 Å². The molecule has 9 heteroatoms. The van der Waals surface area contributed by atoms with Crippen molar-refractivity contribution in [2.24, 2.45) is 0 Å². The Labute approximate surface area is 137 Å². The van der Waals surface area contributed by atoms with E-state index in [1.165, 1.54) is 12.1 Å². The number of amides is 1. The molecule has 112 valence electrons. The number of carbonyl (C=O) groups is 1. The van der Waals surface area contributed by atoms with E-state index in [9.17, 15) is 9.18 Å². The molecule has 0 saturated heterocycles. The first-order valence-corrected chi connectivity index (χ1v) is 8.94. The number of hydrogen-bond donors (Lipinski definition) is 1. The van der Waals surface area contributed by atoms with Gasteiger partial charge < -0.3 is 9.73 Å². The maximum absolute atomic E-state index is 13.6. The molecule has 0 bridgehead atoms. The molecule has 0 aliphatic carbocycles. The van der Waals surface area contributed by atoms with Crippen LogP contribution in [0.5, 0.6) is 0 Å². The lowest BCUT2D eigenvalue weighted by molar-refractivity contribution is -0.113. The van der Waals surface area contributed by atoms with Gasteiger partial charge in [-0.25, -0.2) is 4.39 Å². The molecule has 1 amide bonds. The van der Waals surface area contributed by atoms with Crippen molar-refractivity contribution in [2.75, 3.05) is 17.3 Å². The number of rotatable bonds is 6. The molecule has 1 N–H and O–H groups in total. The zero-order valence-electron chi connectivity index (χ0n) is 10.9. The van der Waals surface area contributed by atoms with Crippen molar-refractivity contribution in [1.82, 2.24) is 10.2 Å². The van der Waals surface area contributed by atoms with E-state index < -0.39 is 5.82 Å². The van der Waals surface area contributed by atoms with E-state index in [1.54, 1.807) is 17.8 Å². The molecule has 0 unspecified atom stereocenters. The van der Waals surface area contributed by atoms with Crippen LogP contribution < -0.4 is 5.32 Å². The Kier molecular flexibility index (Phi) is 6.07. The van der Waals surface area contributed by atoms with Crippen LogP contribution in [0.15, 0.2) is 32.3 Å². The highest BCUT2D eigenvalue weighted by Crippen LogP contribution is 2.21. The van der Waals surface area contributed by atoms with E-state index >= 15 is 0 Å². The number of thioether (sulfide) groups is 2. The van der Waals surface area contributed by atoms with Crippen molar-refractivity contribution in [3.8, 4) is 0 Å². The van der Waals surface area contributed by atoms with Gasteiger partial charge in [0.1, 0.15) is 5.82 Å². The van der Waals surface area contributed by atoms with Gasteiger partial charge in [0.2, 0.25) is 11.8 Å². The topological polar surface area (TPSA) is 68.0 Å².